The van der Waals surface area contributed by atoms with Gasteiger partial charge >= 0.3 is 22.2 Å². The zero-order valence-corrected chi connectivity index (χ0v) is 27.1. The summed E-state index contributed by atoms with van der Waals surface area (Å²) < 4.78 is 41.2. The van der Waals surface area contributed by atoms with Crippen LogP contribution >= 0.6 is 11.3 Å². The normalized spacial score (nSPS) is 17.7. The van der Waals surface area contributed by atoms with Crippen LogP contribution < -0.4 is 11.1 Å². The van der Waals surface area contributed by atoms with Crippen LogP contribution in [0.25, 0.3) is 0 Å². The maximum atomic E-state index is 13.2. The smallest absolute Gasteiger partial charge is 0.365 e. The van der Waals surface area contributed by atoms with Crippen molar-refractivity contribution < 1.29 is 46.1 Å². The van der Waals surface area contributed by atoms with Gasteiger partial charge in [-0.1, -0.05) is 31.3 Å². The van der Waals surface area contributed by atoms with Crippen LogP contribution in [0, 0.1) is 5.41 Å². The number of anilines is 1. The molecule has 0 aliphatic carbocycles. The Bertz CT molecular complexity index is 1310. The summed E-state index contributed by atoms with van der Waals surface area (Å²) in [5, 5.41) is 7.83. The molecule has 0 spiro atoms. The van der Waals surface area contributed by atoms with E-state index in [1.54, 1.807) is 6.92 Å². The number of nitrogens with one attached hydrogen (secondary N) is 1. The summed E-state index contributed by atoms with van der Waals surface area (Å²) in [6, 6.07) is -2.32. The molecule has 1 fully saturated rings. The monoisotopic (exact) mass is 647 g/mol. The van der Waals surface area contributed by atoms with Gasteiger partial charge in [-0.2, -0.15) is 8.42 Å². The first-order chi connectivity index (χ1) is 20.0. The quantitative estimate of drug-likeness (QED) is 0.0818. The minimum Gasteiger partial charge on any atom is -0.466 e. The molecule has 0 bridgehead atoms. The van der Waals surface area contributed by atoms with Crippen LogP contribution in [-0.4, -0.2) is 84.7 Å². The Hall–Kier alpha value is -3.31. The van der Waals surface area contributed by atoms with Gasteiger partial charge in [0.05, 0.1) is 31.3 Å². The summed E-state index contributed by atoms with van der Waals surface area (Å²) in [5.41, 5.74) is 2.45. The van der Waals surface area contributed by atoms with E-state index in [4.69, 9.17) is 24.2 Å². The Kier molecular flexibility index (Phi) is 12.5. The summed E-state index contributed by atoms with van der Waals surface area (Å²) in [4.78, 5) is 60.2. The largest absolute Gasteiger partial charge is 0.466 e. The Morgan fingerprint density at radius 3 is 2.35 bits per heavy atom. The molecule has 2 rings (SSSR count). The van der Waals surface area contributed by atoms with E-state index in [0.717, 1.165) is 30.6 Å². The number of aromatic nitrogens is 1. The average molecular weight is 648 g/mol. The van der Waals surface area contributed by atoms with Crippen molar-refractivity contribution in [3.05, 3.63) is 11.1 Å². The fourth-order valence-corrected chi connectivity index (χ4v) is 5.60. The molecule has 0 aromatic carbocycles. The number of ether oxygens (including phenoxy) is 2. The van der Waals surface area contributed by atoms with Crippen molar-refractivity contribution in [3.8, 4) is 0 Å². The predicted molar refractivity (Wildman–Crippen MR) is 157 cm³/mol. The summed E-state index contributed by atoms with van der Waals surface area (Å²) in [6.45, 7) is 10.5. The fourth-order valence-electron chi connectivity index (χ4n) is 3.63. The molecule has 1 aliphatic heterocycles. The lowest BCUT2D eigenvalue weighted by molar-refractivity contribution is -0.168. The molecule has 3 N–H and O–H groups in total. The molecule has 242 valence electrons. The number of carbonyl (C=O) groups excluding carboxylic acids is 4. The van der Waals surface area contributed by atoms with Crippen LogP contribution in [0.5, 0.6) is 0 Å². The molecule has 0 radical (unpaired) electrons. The molecule has 0 saturated carbocycles. The minimum absolute atomic E-state index is 0.0113. The number of unbranched alkanes of at least 4 members (excludes halogenated alkanes) is 3. The molecule has 0 unspecified atom stereocenters. The van der Waals surface area contributed by atoms with E-state index in [1.807, 2.05) is 0 Å². The highest BCUT2D eigenvalue weighted by atomic mass is 32.2. The van der Waals surface area contributed by atoms with Gasteiger partial charge in [-0.3, -0.25) is 18.6 Å². The highest BCUT2D eigenvalue weighted by Gasteiger charge is 2.53. The Balaban J connectivity index is 2.12. The molecule has 43 heavy (non-hydrogen) atoms. The van der Waals surface area contributed by atoms with Crippen molar-refractivity contribution in [1.82, 2.24) is 14.6 Å². The summed E-state index contributed by atoms with van der Waals surface area (Å²) in [7, 11) is -4.60. The van der Waals surface area contributed by atoms with Gasteiger partial charge in [0.15, 0.2) is 10.8 Å². The van der Waals surface area contributed by atoms with Gasteiger partial charge in [-0.15, -0.1) is 11.3 Å². The molecule has 1 aliphatic rings. The third kappa shape index (κ3) is 9.34. The topological polar surface area (TPSA) is 206 Å². The van der Waals surface area contributed by atoms with Gasteiger partial charge in [-0.05, 0) is 48.0 Å². The lowest BCUT2D eigenvalue weighted by Gasteiger charge is -2.43. The van der Waals surface area contributed by atoms with E-state index in [1.165, 1.54) is 40.0 Å². The number of hydrogen-bond donors (Lipinski definition) is 2. The van der Waals surface area contributed by atoms with E-state index in [-0.39, 0.29) is 24.0 Å². The Morgan fingerprint density at radius 2 is 1.79 bits per heavy atom. The maximum Gasteiger partial charge on any atom is 0.365 e. The second-order valence-electron chi connectivity index (χ2n) is 11.0. The molecule has 2 amide bonds. The van der Waals surface area contributed by atoms with Crippen LogP contribution in [-0.2, 0) is 48.0 Å². The predicted octanol–water partition coefficient (Wildman–Crippen LogP) is 1.91. The number of nitrogens with zero attached hydrogens (tertiary/aromatic N) is 3. The van der Waals surface area contributed by atoms with Crippen LogP contribution in [0.1, 0.15) is 79.8 Å². The number of esters is 2. The maximum absolute atomic E-state index is 13.2. The number of carbonyl (C=O) groups is 4. The van der Waals surface area contributed by atoms with Gasteiger partial charge in [0.1, 0.15) is 11.7 Å². The van der Waals surface area contributed by atoms with Crippen LogP contribution in [0.2, 0.25) is 0 Å². The first-order valence-electron chi connectivity index (χ1n) is 13.8. The van der Waals surface area contributed by atoms with E-state index < -0.39 is 69.5 Å². The molecule has 2 atom stereocenters. The third-order valence-electron chi connectivity index (χ3n) is 6.33. The van der Waals surface area contributed by atoms with Crippen LogP contribution in [0.3, 0.4) is 0 Å². The number of amides is 2. The van der Waals surface area contributed by atoms with Crippen molar-refractivity contribution in [1.29, 1.82) is 0 Å². The van der Waals surface area contributed by atoms with Crippen molar-refractivity contribution in [3.63, 3.8) is 0 Å². The van der Waals surface area contributed by atoms with E-state index in [0.29, 0.717) is 10.7 Å². The highest BCUT2D eigenvalue weighted by molar-refractivity contribution is 7.85. The molecule has 15 nitrogen and oxygen atoms in total. The first-order valence-corrected chi connectivity index (χ1v) is 16.1. The molecule has 1 aromatic rings. The lowest BCUT2D eigenvalue weighted by atomic mass is 9.95. The van der Waals surface area contributed by atoms with Crippen molar-refractivity contribution in [2.45, 2.75) is 91.8 Å². The van der Waals surface area contributed by atoms with Gasteiger partial charge in [0.25, 0.3) is 11.8 Å². The van der Waals surface area contributed by atoms with E-state index in [9.17, 15) is 27.6 Å². The number of β-lactam (4-membered cyclic amide) rings is 1. The van der Waals surface area contributed by atoms with Gasteiger partial charge < -0.3 is 25.4 Å². The van der Waals surface area contributed by atoms with Crippen molar-refractivity contribution in [2.24, 2.45) is 10.6 Å². The van der Waals surface area contributed by atoms with Gasteiger partial charge in [-0.25, -0.2) is 14.1 Å². The summed E-state index contributed by atoms with van der Waals surface area (Å²) >= 11 is 1.02. The standard InChI is InChI=1S/C26H41N5O10S2/c1-8-10-11-12-13-39-23(35)26(6,7)41-30-19(17-14-42-24(27)28-17)20(32)29-18-16(3)31(21(18)33)43(36,37)40-15-25(4,5)22(34)38-9-2/h14,16,18H,8-13,15H2,1-7H3,(H2,27,28)(H,29,32)/b30-19-/t16-,18-/m0/s1. The molecule has 1 saturated heterocycles. The second kappa shape index (κ2) is 14.9. The fraction of sp³-hybridized carbons (Fsp3) is 0.692. The SMILES string of the molecule is CCCCCCOC(=O)C(C)(C)O/N=C(\C(=O)N[C@@H]1C(=O)N(S(=O)(=O)OCC(C)(C)C(=O)OCC)[C@H]1C)c1csc(N)n1. The molecule has 17 heteroatoms. The minimum atomic E-state index is -4.60. The van der Waals surface area contributed by atoms with Crippen molar-refractivity contribution in [2.75, 3.05) is 25.6 Å². The number of nitrogen functional groups attached to an aromatic ring is 1. The number of nitrogens with two attached hydrogens (primary N) is 1. The number of rotatable bonds is 17. The number of thiazole rings is 1. The molecule has 1 aromatic heterocycles. The second-order valence-corrected chi connectivity index (χ2v) is 13.3. The van der Waals surface area contributed by atoms with Gasteiger partial charge in [0.2, 0.25) is 5.60 Å². The van der Waals surface area contributed by atoms with Crippen molar-refractivity contribution >= 4 is 56.2 Å². The average Bonchev–Trinajstić information content (AvgIpc) is 3.36. The third-order valence-corrected chi connectivity index (χ3v) is 8.41. The zero-order valence-electron chi connectivity index (χ0n) is 25.5. The van der Waals surface area contributed by atoms with E-state index in [2.05, 4.69) is 22.4 Å². The zero-order chi connectivity index (χ0) is 32.6. The Labute approximate surface area is 255 Å². The molecular weight excluding hydrogens is 606 g/mol. The number of oxime groups is 1. The number of hydrogen-bond acceptors (Lipinski definition) is 14. The highest BCUT2D eigenvalue weighted by Crippen LogP contribution is 2.27. The van der Waals surface area contributed by atoms with E-state index >= 15 is 0 Å². The first kappa shape index (κ1) is 35.9. The lowest BCUT2D eigenvalue weighted by Crippen LogP contribution is -2.71. The Morgan fingerprint density at radius 1 is 1.12 bits per heavy atom. The van der Waals surface area contributed by atoms with Crippen LogP contribution in [0.4, 0.5) is 5.13 Å². The molecule has 2 heterocycles. The summed E-state index contributed by atoms with van der Waals surface area (Å²) in [6.07, 6.45) is 3.65. The van der Waals surface area contributed by atoms with Crippen LogP contribution in [0.15, 0.2) is 10.5 Å². The summed E-state index contributed by atoms with van der Waals surface area (Å²) in [5.74, 6) is -3.26. The van der Waals surface area contributed by atoms with Gasteiger partial charge in [0, 0.05) is 5.38 Å². The molecular formula is C26H41N5O10S2.